The number of nitrogens with two attached hydrogens (primary N) is 1. The molecule has 25 heavy (non-hydrogen) atoms. The highest BCUT2D eigenvalue weighted by molar-refractivity contribution is 5.72. The van der Waals surface area contributed by atoms with Crippen LogP contribution in [0.3, 0.4) is 0 Å². The summed E-state index contributed by atoms with van der Waals surface area (Å²) in [5.74, 6) is 0.438. The van der Waals surface area contributed by atoms with E-state index in [1.807, 2.05) is 13.8 Å². The van der Waals surface area contributed by atoms with Gasteiger partial charge in [0.15, 0.2) is 5.82 Å². The van der Waals surface area contributed by atoms with E-state index in [-0.39, 0.29) is 29.1 Å². The number of nitroso groups, excluding NO2 is 1. The highest BCUT2D eigenvalue weighted by atomic mass is 16.3. The predicted octanol–water partition coefficient (Wildman–Crippen LogP) is 3.45. The average molecular weight is 339 g/mol. The zero-order chi connectivity index (χ0) is 18.1. The van der Waals surface area contributed by atoms with E-state index < -0.39 is 0 Å². The van der Waals surface area contributed by atoms with Crippen molar-refractivity contribution in [1.29, 1.82) is 0 Å². The van der Waals surface area contributed by atoms with E-state index in [2.05, 4.69) is 15.4 Å². The van der Waals surface area contributed by atoms with Crippen LogP contribution in [0.2, 0.25) is 0 Å². The minimum Gasteiger partial charge on any atom is -0.508 e. The number of phenolic OH excluding ortho intramolecular Hbond substituents is 2. The van der Waals surface area contributed by atoms with Gasteiger partial charge in [-0.15, -0.1) is 15.1 Å². The smallest absolute Gasteiger partial charge is 0.226 e. The molecule has 0 bridgehead atoms. The van der Waals surface area contributed by atoms with Gasteiger partial charge in [-0.05, 0) is 47.0 Å². The van der Waals surface area contributed by atoms with Crippen molar-refractivity contribution in [3.05, 3.63) is 46.9 Å². The van der Waals surface area contributed by atoms with Crippen molar-refractivity contribution >= 4 is 11.6 Å². The first-order valence-electron chi connectivity index (χ1n) is 7.63. The number of rotatable bonds is 4. The molecule has 8 heteroatoms. The van der Waals surface area contributed by atoms with Crippen molar-refractivity contribution < 1.29 is 10.2 Å². The summed E-state index contributed by atoms with van der Waals surface area (Å²) in [5, 5.41) is 30.7. The minimum absolute atomic E-state index is 0.0226. The van der Waals surface area contributed by atoms with Crippen molar-refractivity contribution in [2.75, 3.05) is 5.73 Å². The van der Waals surface area contributed by atoms with Crippen LogP contribution in [-0.2, 0) is 0 Å². The molecule has 0 radical (unpaired) electrons. The van der Waals surface area contributed by atoms with Crippen molar-refractivity contribution in [2.24, 2.45) is 5.18 Å². The Kier molecular flexibility index (Phi) is 4.10. The third-order valence-electron chi connectivity index (χ3n) is 3.90. The van der Waals surface area contributed by atoms with Gasteiger partial charge in [0.1, 0.15) is 17.2 Å². The van der Waals surface area contributed by atoms with Crippen LogP contribution < -0.4 is 5.73 Å². The third kappa shape index (κ3) is 2.89. The molecule has 3 aromatic rings. The fraction of sp³-hybridized carbons (Fsp3) is 0.176. The summed E-state index contributed by atoms with van der Waals surface area (Å²) < 4.78 is 1.55. The Bertz CT molecular complexity index is 932. The number of anilines is 1. The van der Waals surface area contributed by atoms with Crippen molar-refractivity contribution in [3.63, 3.8) is 0 Å². The number of aromatic nitrogens is 3. The lowest BCUT2D eigenvalue weighted by molar-refractivity contribution is 0.474. The topological polar surface area (TPSA) is 127 Å². The molecule has 128 valence electrons. The summed E-state index contributed by atoms with van der Waals surface area (Å²) in [6.07, 6.45) is 0. The zero-order valence-corrected chi connectivity index (χ0v) is 13.7. The molecule has 0 saturated carbocycles. The molecule has 0 fully saturated rings. The van der Waals surface area contributed by atoms with Gasteiger partial charge in [0.2, 0.25) is 5.95 Å². The quantitative estimate of drug-likeness (QED) is 0.625. The van der Waals surface area contributed by atoms with Crippen LogP contribution in [0, 0.1) is 4.91 Å². The second-order valence-electron chi connectivity index (χ2n) is 5.91. The van der Waals surface area contributed by atoms with Gasteiger partial charge < -0.3 is 15.9 Å². The highest BCUT2D eigenvalue weighted by Gasteiger charge is 2.20. The molecule has 0 aliphatic carbocycles. The molecule has 1 aromatic heterocycles. The average Bonchev–Trinajstić information content (AvgIpc) is 2.96. The molecule has 2 aromatic carbocycles. The Morgan fingerprint density at radius 2 is 1.80 bits per heavy atom. The maximum atomic E-state index is 11.0. The van der Waals surface area contributed by atoms with Gasteiger partial charge in [-0.2, -0.15) is 0 Å². The number of phenols is 2. The first-order valence-corrected chi connectivity index (χ1v) is 7.63. The lowest BCUT2D eigenvalue weighted by Crippen LogP contribution is -2.03. The summed E-state index contributed by atoms with van der Waals surface area (Å²) in [7, 11) is 0. The Hall–Kier alpha value is -3.42. The lowest BCUT2D eigenvalue weighted by atomic mass is 9.97. The normalized spacial score (nSPS) is 11.0. The molecule has 8 nitrogen and oxygen atoms in total. The minimum atomic E-state index is -0.147. The summed E-state index contributed by atoms with van der Waals surface area (Å²) in [5.41, 5.74) is 7.80. The molecule has 0 amide bonds. The molecule has 0 saturated heterocycles. The maximum absolute atomic E-state index is 11.0. The Labute approximate surface area is 143 Å². The Balaban J connectivity index is 2.23. The number of nitrogens with zero attached hydrogens (tertiary/aromatic N) is 4. The number of aromatic hydroxyl groups is 2. The summed E-state index contributed by atoms with van der Waals surface area (Å²) >= 11 is 0. The van der Waals surface area contributed by atoms with Gasteiger partial charge in [-0.3, -0.25) is 4.57 Å². The van der Waals surface area contributed by atoms with Gasteiger partial charge in [0.25, 0.3) is 0 Å². The number of hydrogen-bond acceptors (Lipinski definition) is 7. The predicted molar refractivity (Wildman–Crippen MR) is 94.1 cm³/mol. The fourth-order valence-corrected chi connectivity index (χ4v) is 2.64. The molecule has 0 unspecified atom stereocenters. The van der Waals surface area contributed by atoms with Gasteiger partial charge in [0, 0.05) is 6.07 Å². The van der Waals surface area contributed by atoms with Crippen molar-refractivity contribution in [3.8, 4) is 28.6 Å². The Morgan fingerprint density at radius 3 is 2.40 bits per heavy atom. The van der Waals surface area contributed by atoms with E-state index >= 15 is 0 Å². The number of hydrogen-bond donors (Lipinski definition) is 3. The summed E-state index contributed by atoms with van der Waals surface area (Å²) in [6, 6.07) is 9.30. The first kappa shape index (κ1) is 16.4. The SMILES string of the molecule is CC(C)c1cc(-c2nnc(N)n2-c2ccc(O)cc2)c(O)cc1N=O. The molecule has 3 rings (SSSR count). The van der Waals surface area contributed by atoms with Gasteiger partial charge in [-0.1, -0.05) is 13.8 Å². The second kappa shape index (κ2) is 6.23. The monoisotopic (exact) mass is 339 g/mol. The third-order valence-corrected chi connectivity index (χ3v) is 3.90. The second-order valence-corrected chi connectivity index (χ2v) is 5.91. The van der Waals surface area contributed by atoms with Gasteiger partial charge in [-0.25, -0.2) is 0 Å². The molecule has 0 aliphatic heterocycles. The molecule has 4 N–H and O–H groups in total. The Morgan fingerprint density at radius 1 is 1.12 bits per heavy atom. The lowest BCUT2D eigenvalue weighted by Gasteiger charge is -2.13. The maximum Gasteiger partial charge on any atom is 0.226 e. The summed E-state index contributed by atoms with van der Waals surface area (Å²) in [6.45, 7) is 3.84. The van der Waals surface area contributed by atoms with Crippen LogP contribution in [0.15, 0.2) is 41.6 Å². The van der Waals surface area contributed by atoms with E-state index in [0.29, 0.717) is 22.6 Å². The molecule has 1 heterocycles. The molecule has 0 aliphatic rings. The summed E-state index contributed by atoms with van der Waals surface area (Å²) in [4.78, 5) is 11.0. The first-order chi connectivity index (χ1) is 11.9. The van der Waals surface area contributed by atoms with Crippen LogP contribution >= 0.6 is 0 Å². The van der Waals surface area contributed by atoms with E-state index in [1.165, 1.54) is 18.2 Å². The molecular formula is C17H17N5O3. The van der Waals surface area contributed by atoms with Gasteiger partial charge in [0.05, 0.1) is 11.3 Å². The zero-order valence-electron chi connectivity index (χ0n) is 13.7. The number of benzene rings is 2. The van der Waals surface area contributed by atoms with E-state index in [9.17, 15) is 15.1 Å². The van der Waals surface area contributed by atoms with E-state index in [0.717, 1.165) is 0 Å². The largest absolute Gasteiger partial charge is 0.508 e. The van der Waals surface area contributed by atoms with Crippen molar-refractivity contribution in [1.82, 2.24) is 14.8 Å². The molecular weight excluding hydrogens is 322 g/mol. The van der Waals surface area contributed by atoms with Gasteiger partial charge >= 0.3 is 0 Å². The van der Waals surface area contributed by atoms with Crippen LogP contribution in [0.5, 0.6) is 11.5 Å². The fourth-order valence-electron chi connectivity index (χ4n) is 2.64. The van der Waals surface area contributed by atoms with Crippen LogP contribution in [0.4, 0.5) is 11.6 Å². The van der Waals surface area contributed by atoms with E-state index in [4.69, 9.17) is 5.73 Å². The van der Waals surface area contributed by atoms with Crippen molar-refractivity contribution in [2.45, 2.75) is 19.8 Å². The number of nitrogen functional groups attached to an aromatic ring is 1. The molecule has 0 spiro atoms. The van der Waals surface area contributed by atoms with Crippen LogP contribution in [0.1, 0.15) is 25.3 Å². The van der Waals surface area contributed by atoms with E-state index in [1.54, 1.807) is 22.8 Å². The standard InChI is InChI=1S/C17H17N5O3/c1-9(2)12-7-13(15(24)8-14(12)21-25)16-19-20-17(18)22(16)10-3-5-11(23)6-4-10/h3-9,23-24H,1-2H3,(H2,18,20). The molecule has 0 atom stereocenters. The highest BCUT2D eigenvalue weighted by Crippen LogP contribution is 2.39. The van der Waals surface area contributed by atoms with Crippen LogP contribution in [-0.4, -0.2) is 25.0 Å². The van der Waals surface area contributed by atoms with Crippen LogP contribution in [0.25, 0.3) is 17.1 Å².